The van der Waals surface area contributed by atoms with E-state index in [1.807, 2.05) is 0 Å². The van der Waals surface area contributed by atoms with Crippen molar-refractivity contribution in [2.75, 3.05) is 0 Å². The first kappa shape index (κ1) is 11.5. The summed E-state index contributed by atoms with van der Waals surface area (Å²) in [4.78, 5) is 11.2. The monoisotopic (exact) mass is 192 g/mol. The van der Waals surface area contributed by atoms with Crippen molar-refractivity contribution in [3.05, 3.63) is 29.8 Å². The van der Waals surface area contributed by atoms with Crippen molar-refractivity contribution in [3.8, 4) is 0 Å². The Morgan fingerprint density at radius 1 is 1.36 bits per heavy atom. The largest absolute Gasteiger partial charge is 1.00 e. The molecule has 4 heteroatoms. The van der Waals surface area contributed by atoms with Gasteiger partial charge in [-0.15, -0.1) is 12.6 Å². The minimum Gasteiger partial charge on any atom is -0.779 e. The molecule has 0 aliphatic rings. The van der Waals surface area contributed by atoms with Crippen molar-refractivity contribution in [1.82, 2.24) is 0 Å². The van der Waals surface area contributed by atoms with Crippen molar-refractivity contribution < 1.29 is 34.4 Å². The third-order valence-electron chi connectivity index (χ3n) is 1.12. The quantitative estimate of drug-likeness (QED) is 0.337. The van der Waals surface area contributed by atoms with Crippen molar-refractivity contribution in [2.24, 2.45) is 0 Å². The first-order chi connectivity index (χ1) is 4.72. The van der Waals surface area contributed by atoms with Gasteiger partial charge in [-0.25, -0.2) is 0 Å². The normalized spacial score (nSPS) is 8.45. The molecule has 0 fully saturated rings. The molecule has 0 heterocycles. The number of benzene rings is 1. The van der Waals surface area contributed by atoms with Crippen LogP contribution in [0.5, 0.6) is 0 Å². The van der Waals surface area contributed by atoms with E-state index in [-0.39, 0.29) is 34.7 Å². The molecule has 0 aliphatic carbocycles. The summed E-state index contributed by atoms with van der Waals surface area (Å²) in [5.41, 5.74) is 0.501. The van der Waals surface area contributed by atoms with E-state index in [9.17, 15) is 4.79 Å². The molecule has 0 bridgehead atoms. The van der Waals surface area contributed by atoms with Crippen molar-refractivity contribution >= 4 is 30.4 Å². The topological polar surface area (TPSA) is 17.1 Å². The summed E-state index contributed by atoms with van der Waals surface area (Å²) in [7, 11) is 0. The van der Waals surface area contributed by atoms with Gasteiger partial charge < -0.3 is 12.6 Å². The van der Waals surface area contributed by atoms with Crippen LogP contribution in [0.1, 0.15) is 10.4 Å². The van der Waals surface area contributed by atoms with Crippen LogP contribution in [-0.2, 0) is 12.6 Å². The van der Waals surface area contributed by atoms with E-state index in [4.69, 9.17) is 12.6 Å². The number of rotatable bonds is 1. The third kappa shape index (κ3) is 3.13. The van der Waals surface area contributed by atoms with Gasteiger partial charge in [0.25, 0.3) is 0 Å². The predicted octanol–water partition coefficient (Wildman–Crippen LogP) is -1.33. The maximum atomic E-state index is 10.7. The van der Waals surface area contributed by atoms with Crippen LogP contribution in [-0.4, -0.2) is 5.12 Å². The SMILES string of the molecule is O=C(S)c1ccccc1[S-].[Na+]. The van der Waals surface area contributed by atoms with Crippen LogP contribution < -0.4 is 29.6 Å². The molecule has 0 N–H and O–H groups in total. The molecular weight excluding hydrogens is 187 g/mol. The van der Waals surface area contributed by atoms with Crippen molar-refractivity contribution in [3.63, 3.8) is 0 Å². The van der Waals surface area contributed by atoms with Gasteiger partial charge in [-0.3, -0.25) is 4.79 Å². The Morgan fingerprint density at radius 2 is 1.91 bits per heavy atom. The van der Waals surface area contributed by atoms with Gasteiger partial charge in [0, 0.05) is 5.56 Å². The average Bonchev–Trinajstić information content (AvgIpc) is 1.88. The summed E-state index contributed by atoms with van der Waals surface area (Å²) in [6.07, 6.45) is 0. The van der Waals surface area contributed by atoms with Gasteiger partial charge in [0.05, 0.1) is 0 Å². The molecule has 0 amide bonds. The van der Waals surface area contributed by atoms with Gasteiger partial charge in [0.15, 0.2) is 0 Å². The second kappa shape index (κ2) is 5.17. The summed E-state index contributed by atoms with van der Waals surface area (Å²) in [5, 5.41) is -0.273. The Balaban J connectivity index is 0.000001000. The zero-order valence-corrected chi connectivity index (χ0v) is 9.78. The van der Waals surface area contributed by atoms with Crippen LogP contribution >= 0.6 is 12.6 Å². The van der Waals surface area contributed by atoms with Crippen molar-refractivity contribution in [1.29, 1.82) is 0 Å². The fourth-order valence-electron chi connectivity index (χ4n) is 0.643. The summed E-state index contributed by atoms with van der Waals surface area (Å²) < 4.78 is 0. The van der Waals surface area contributed by atoms with Crippen LogP contribution in [0.4, 0.5) is 0 Å². The van der Waals surface area contributed by atoms with Crippen LogP contribution in [0.3, 0.4) is 0 Å². The molecule has 1 aromatic rings. The zero-order valence-electron chi connectivity index (χ0n) is 6.07. The van der Waals surface area contributed by atoms with Crippen molar-refractivity contribution in [2.45, 2.75) is 4.90 Å². The third-order valence-corrected chi connectivity index (χ3v) is 1.71. The first-order valence-electron chi connectivity index (χ1n) is 2.71. The maximum Gasteiger partial charge on any atom is 1.00 e. The molecule has 0 atom stereocenters. The number of carbonyl (C=O) groups excluding carboxylic acids is 1. The second-order valence-corrected chi connectivity index (χ2v) is 2.65. The summed E-state index contributed by atoms with van der Waals surface area (Å²) in [5.74, 6) is 0. The molecule has 1 nitrogen and oxygen atoms in total. The Labute approximate surface area is 98.7 Å². The Kier molecular flexibility index (Phi) is 5.38. The molecule has 11 heavy (non-hydrogen) atoms. The van der Waals surface area contributed by atoms with Crippen LogP contribution in [0.2, 0.25) is 0 Å². The Bertz CT molecular complexity index is 262. The molecule has 0 aromatic heterocycles. The maximum absolute atomic E-state index is 10.7. The van der Waals surface area contributed by atoms with E-state index in [1.165, 1.54) is 0 Å². The minimum absolute atomic E-state index is 0. The number of hydrogen-bond acceptors (Lipinski definition) is 2. The Morgan fingerprint density at radius 3 is 2.27 bits per heavy atom. The molecule has 0 saturated carbocycles. The molecule has 0 aliphatic heterocycles. The summed E-state index contributed by atoms with van der Waals surface area (Å²) in [6, 6.07) is 6.93. The standard InChI is InChI=1S/C7H6OS2.Na/c8-7(10)5-3-1-2-4-6(5)9;/h1-4,9H,(H,8,10);/q;+1/p-1. The fourth-order valence-corrected chi connectivity index (χ4v) is 1.15. The van der Waals surface area contributed by atoms with E-state index in [0.717, 1.165) is 0 Å². The number of hydrogen-bond donors (Lipinski definition) is 1. The smallest absolute Gasteiger partial charge is 0.779 e. The minimum atomic E-state index is -0.273. The molecular formula is C7H5NaOS2. The van der Waals surface area contributed by atoms with Crippen LogP contribution in [0, 0.1) is 0 Å². The summed E-state index contributed by atoms with van der Waals surface area (Å²) in [6.45, 7) is 0. The molecule has 0 spiro atoms. The van der Waals surface area contributed by atoms with E-state index in [1.54, 1.807) is 24.3 Å². The van der Waals surface area contributed by atoms with E-state index in [0.29, 0.717) is 10.5 Å². The average molecular weight is 192 g/mol. The van der Waals surface area contributed by atoms with E-state index >= 15 is 0 Å². The van der Waals surface area contributed by atoms with Gasteiger partial charge in [-0.05, 0) is 0 Å². The molecule has 1 rings (SSSR count). The molecule has 1 aromatic carbocycles. The second-order valence-electron chi connectivity index (χ2n) is 1.80. The summed E-state index contributed by atoms with van der Waals surface area (Å²) >= 11 is 8.51. The van der Waals surface area contributed by atoms with Gasteiger partial charge in [-0.1, -0.05) is 24.3 Å². The number of thiol groups is 1. The first-order valence-corrected chi connectivity index (χ1v) is 3.56. The van der Waals surface area contributed by atoms with Gasteiger partial charge in [0.2, 0.25) is 5.12 Å². The van der Waals surface area contributed by atoms with Gasteiger partial charge in [0.1, 0.15) is 0 Å². The number of carbonyl (C=O) groups is 1. The van der Waals surface area contributed by atoms with Crippen LogP contribution in [0.15, 0.2) is 29.2 Å². The predicted molar refractivity (Wildman–Crippen MR) is 45.4 cm³/mol. The molecule has 0 radical (unpaired) electrons. The van der Waals surface area contributed by atoms with Gasteiger partial charge >= 0.3 is 29.6 Å². The molecule has 52 valence electrons. The Hall–Kier alpha value is 0.460. The zero-order chi connectivity index (χ0) is 7.56. The molecule has 0 unspecified atom stereocenters. The van der Waals surface area contributed by atoms with E-state index in [2.05, 4.69) is 12.6 Å². The van der Waals surface area contributed by atoms with E-state index < -0.39 is 0 Å². The fraction of sp³-hybridized carbons (Fsp3) is 0. The van der Waals surface area contributed by atoms with Crippen LogP contribution in [0.25, 0.3) is 0 Å². The van der Waals surface area contributed by atoms with Gasteiger partial charge in [-0.2, -0.15) is 4.90 Å². The molecule has 0 saturated heterocycles.